The monoisotopic (exact) mass is 498 g/mol. The van der Waals surface area contributed by atoms with E-state index in [1.54, 1.807) is 0 Å². The van der Waals surface area contributed by atoms with Gasteiger partial charge in [-0.2, -0.15) is 0 Å². The van der Waals surface area contributed by atoms with Crippen LogP contribution in [0.2, 0.25) is 0 Å². The molecule has 0 amide bonds. The van der Waals surface area contributed by atoms with E-state index >= 15 is 0 Å². The van der Waals surface area contributed by atoms with Gasteiger partial charge in [0.25, 0.3) is 0 Å². The van der Waals surface area contributed by atoms with Gasteiger partial charge in [-0.3, -0.25) is 0 Å². The summed E-state index contributed by atoms with van der Waals surface area (Å²) in [5.74, 6) is 0.928. The number of hydrogen-bond donors (Lipinski definition) is 2. The summed E-state index contributed by atoms with van der Waals surface area (Å²) in [7, 11) is 0. The first-order valence-electron chi connectivity index (χ1n) is 14.4. The quantitative estimate of drug-likeness (QED) is 0.201. The van der Waals surface area contributed by atoms with Crippen molar-refractivity contribution in [1.82, 2.24) is 0 Å². The highest BCUT2D eigenvalue weighted by molar-refractivity contribution is 7.99. The molecule has 35 heavy (non-hydrogen) atoms. The number of phenolic OH excluding ortho intramolecular Hbond substituents is 2. The van der Waals surface area contributed by atoms with Crippen molar-refractivity contribution in [3.63, 3.8) is 0 Å². The number of aromatic hydroxyl groups is 2. The Kier molecular flexibility index (Phi) is 14.3. The van der Waals surface area contributed by atoms with Gasteiger partial charge < -0.3 is 10.2 Å². The second-order valence-electron chi connectivity index (χ2n) is 10.0. The number of benzene rings is 2. The maximum Gasteiger partial charge on any atom is 0.119 e. The molecule has 0 radical (unpaired) electrons. The maximum absolute atomic E-state index is 10.8. The normalized spacial score (nSPS) is 11.3. The first kappa shape index (κ1) is 29.6. The SMILES string of the molecule is CCCCCc1c(O)ccc(Sc2ccc(O)c(CCCCC)c2CCCCC)c1CCCCC. The lowest BCUT2D eigenvalue weighted by molar-refractivity contribution is 0.463. The van der Waals surface area contributed by atoms with Crippen molar-refractivity contribution >= 4 is 11.8 Å². The van der Waals surface area contributed by atoms with Crippen LogP contribution in [-0.4, -0.2) is 10.2 Å². The molecule has 0 aromatic heterocycles. The minimum atomic E-state index is 0.464. The van der Waals surface area contributed by atoms with Gasteiger partial charge in [0.05, 0.1) is 0 Å². The second-order valence-corrected chi connectivity index (χ2v) is 11.1. The van der Waals surface area contributed by atoms with Crippen molar-refractivity contribution in [2.75, 3.05) is 0 Å². The average Bonchev–Trinajstić information content (AvgIpc) is 2.85. The summed E-state index contributed by atoms with van der Waals surface area (Å²) in [5.41, 5.74) is 5.02. The van der Waals surface area contributed by atoms with E-state index in [9.17, 15) is 10.2 Å². The highest BCUT2D eigenvalue weighted by atomic mass is 32.2. The van der Waals surface area contributed by atoms with Crippen molar-refractivity contribution in [1.29, 1.82) is 0 Å². The molecule has 0 fully saturated rings. The first-order valence-corrected chi connectivity index (χ1v) is 15.2. The van der Waals surface area contributed by atoms with Crippen molar-refractivity contribution in [2.24, 2.45) is 0 Å². The fraction of sp³-hybridized carbons (Fsp3) is 0.625. The van der Waals surface area contributed by atoms with Crippen LogP contribution in [0.15, 0.2) is 34.1 Å². The zero-order valence-corrected chi connectivity index (χ0v) is 23.7. The van der Waals surface area contributed by atoms with Crippen molar-refractivity contribution in [2.45, 2.75) is 140 Å². The van der Waals surface area contributed by atoms with Crippen LogP contribution >= 0.6 is 11.8 Å². The Hall–Kier alpha value is -1.61. The van der Waals surface area contributed by atoms with E-state index in [0.29, 0.717) is 11.5 Å². The lowest BCUT2D eigenvalue weighted by Crippen LogP contribution is -2.01. The van der Waals surface area contributed by atoms with Gasteiger partial charge in [0.2, 0.25) is 0 Å². The molecule has 0 saturated carbocycles. The van der Waals surface area contributed by atoms with E-state index in [4.69, 9.17) is 0 Å². The number of phenols is 2. The van der Waals surface area contributed by atoms with Gasteiger partial charge in [0.1, 0.15) is 11.5 Å². The molecule has 196 valence electrons. The van der Waals surface area contributed by atoms with E-state index in [-0.39, 0.29) is 0 Å². The molecule has 2 N–H and O–H groups in total. The van der Waals surface area contributed by atoms with Crippen LogP contribution in [-0.2, 0) is 25.7 Å². The Bertz CT molecular complexity index is 803. The molecule has 0 aliphatic carbocycles. The van der Waals surface area contributed by atoms with Gasteiger partial charge in [-0.15, -0.1) is 0 Å². The molecular formula is C32H50O2S. The number of unbranched alkanes of at least 4 members (excludes halogenated alkanes) is 8. The van der Waals surface area contributed by atoms with E-state index in [1.165, 1.54) is 72.3 Å². The van der Waals surface area contributed by atoms with Crippen molar-refractivity contribution < 1.29 is 10.2 Å². The predicted octanol–water partition coefficient (Wildman–Crippen LogP) is 10.2. The zero-order valence-electron chi connectivity index (χ0n) is 22.9. The minimum absolute atomic E-state index is 0.464. The molecular weight excluding hydrogens is 448 g/mol. The highest BCUT2D eigenvalue weighted by Gasteiger charge is 2.18. The summed E-state index contributed by atoms with van der Waals surface area (Å²) in [4.78, 5) is 2.57. The Labute approximate surface area is 219 Å². The van der Waals surface area contributed by atoms with Crippen LogP contribution in [0.4, 0.5) is 0 Å². The van der Waals surface area contributed by atoms with Gasteiger partial charge >= 0.3 is 0 Å². The lowest BCUT2D eigenvalue weighted by Gasteiger charge is -2.20. The molecule has 2 nitrogen and oxygen atoms in total. The van der Waals surface area contributed by atoms with Crippen LogP contribution in [0.25, 0.3) is 0 Å². The summed E-state index contributed by atoms with van der Waals surface area (Å²) in [5, 5.41) is 21.6. The topological polar surface area (TPSA) is 40.5 Å². The molecule has 0 heterocycles. The largest absolute Gasteiger partial charge is 0.508 e. The van der Waals surface area contributed by atoms with E-state index < -0.39 is 0 Å². The third kappa shape index (κ3) is 9.41. The molecule has 0 saturated heterocycles. The van der Waals surface area contributed by atoms with Crippen LogP contribution in [0.5, 0.6) is 11.5 Å². The van der Waals surface area contributed by atoms with Gasteiger partial charge in [-0.1, -0.05) is 90.8 Å². The predicted molar refractivity (Wildman–Crippen MR) is 153 cm³/mol. The van der Waals surface area contributed by atoms with Gasteiger partial charge in [-0.25, -0.2) is 0 Å². The Morgan fingerprint density at radius 1 is 0.457 bits per heavy atom. The van der Waals surface area contributed by atoms with E-state index in [2.05, 4.69) is 39.8 Å². The molecule has 0 unspecified atom stereocenters. The van der Waals surface area contributed by atoms with Gasteiger partial charge in [-0.05, 0) is 97.9 Å². The molecule has 0 aliphatic rings. The molecule has 3 heteroatoms. The zero-order chi connectivity index (χ0) is 25.5. The third-order valence-corrected chi connectivity index (χ3v) is 8.27. The average molecular weight is 499 g/mol. The summed E-state index contributed by atoms with van der Waals surface area (Å²) in [6.45, 7) is 8.97. The van der Waals surface area contributed by atoms with Crippen molar-refractivity contribution in [3.05, 3.63) is 46.5 Å². The molecule has 2 aromatic rings. The molecule has 0 spiro atoms. The fourth-order valence-corrected chi connectivity index (χ4v) is 6.15. The Morgan fingerprint density at radius 3 is 1.09 bits per heavy atom. The first-order chi connectivity index (χ1) is 17.1. The van der Waals surface area contributed by atoms with Crippen LogP contribution in [0.3, 0.4) is 0 Å². The smallest absolute Gasteiger partial charge is 0.119 e. The summed E-state index contributed by atoms with van der Waals surface area (Å²) >= 11 is 1.86. The van der Waals surface area contributed by atoms with Crippen LogP contribution in [0.1, 0.15) is 127 Å². The number of hydrogen-bond acceptors (Lipinski definition) is 3. The molecule has 0 atom stereocenters. The maximum atomic E-state index is 10.8. The summed E-state index contributed by atoms with van der Waals surface area (Å²) < 4.78 is 0. The Morgan fingerprint density at radius 2 is 0.771 bits per heavy atom. The molecule has 0 aliphatic heterocycles. The molecule has 2 rings (SSSR count). The van der Waals surface area contributed by atoms with Crippen molar-refractivity contribution in [3.8, 4) is 11.5 Å². The van der Waals surface area contributed by atoms with E-state index in [1.807, 2.05) is 23.9 Å². The second kappa shape index (κ2) is 17.0. The van der Waals surface area contributed by atoms with Crippen LogP contribution < -0.4 is 0 Å². The van der Waals surface area contributed by atoms with Gasteiger partial charge in [0.15, 0.2) is 0 Å². The summed E-state index contributed by atoms with van der Waals surface area (Å²) in [6.07, 6.45) is 18.2. The van der Waals surface area contributed by atoms with E-state index in [0.717, 1.165) is 62.5 Å². The molecule has 0 bridgehead atoms. The number of rotatable bonds is 18. The summed E-state index contributed by atoms with van der Waals surface area (Å²) in [6, 6.07) is 8.08. The standard InChI is InChI=1S/C32H50O2S/c1-5-9-13-17-25-27(19-15-11-7-3)31(23-21-29(25)33)35-32-24-22-30(34)26(18-14-10-6-2)28(32)20-16-12-8-4/h21-24,33-34H,5-20H2,1-4H3. The molecule has 2 aromatic carbocycles. The minimum Gasteiger partial charge on any atom is -0.508 e. The van der Waals surface area contributed by atoms with Gasteiger partial charge in [0, 0.05) is 9.79 Å². The Balaban J connectivity index is 2.46. The third-order valence-electron chi connectivity index (χ3n) is 7.07. The lowest BCUT2D eigenvalue weighted by atomic mass is 9.96. The fourth-order valence-electron chi connectivity index (χ4n) is 4.94. The van der Waals surface area contributed by atoms with Crippen LogP contribution in [0, 0.1) is 0 Å². The highest BCUT2D eigenvalue weighted by Crippen LogP contribution is 2.41.